The smallest absolute Gasteiger partial charge is 0.119 e. The third kappa shape index (κ3) is 2.21. The van der Waals surface area contributed by atoms with Gasteiger partial charge in [0.25, 0.3) is 0 Å². The van der Waals surface area contributed by atoms with Gasteiger partial charge in [-0.3, -0.25) is 0 Å². The first kappa shape index (κ1) is 12.9. The SMILES string of the molecule is COc1cccc(C2(CC#N)CCCCC2O)c1. The molecule has 1 fully saturated rings. The number of hydrogen-bond acceptors (Lipinski definition) is 3. The molecular weight excluding hydrogens is 226 g/mol. The number of nitriles is 1. The summed E-state index contributed by atoms with van der Waals surface area (Å²) in [5.74, 6) is 0.780. The Kier molecular flexibility index (Phi) is 3.88. The number of benzene rings is 1. The lowest BCUT2D eigenvalue weighted by Gasteiger charge is -2.40. The van der Waals surface area contributed by atoms with Gasteiger partial charge in [0.15, 0.2) is 0 Å². The number of ether oxygens (including phenoxy) is 1. The molecule has 2 rings (SSSR count). The predicted octanol–water partition coefficient (Wildman–Crippen LogP) is 2.78. The number of methoxy groups -OCH3 is 1. The molecule has 1 aliphatic carbocycles. The van der Waals surface area contributed by atoms with E-state index in [1.54, 1.807) is 7.11 Å². The Morgan fingerprint density at radius 1 is 1.50 bits per heavy atom. The van der Waals surface area contributed by atoms with E-state index >= 15 is 0 Å². The summed E-state index contributed by atoms with van der Waals surface area (Å²) in [5, 5.41) is 19.5. The summed E-state index contributed by atoms with van der Waals surface area (Å²) >= 11 is 0. The Bertz CT molecular complexity index is 452. The second-order valence-electron chi connectivity index (χ2n) is 4.98. The van der Waals surface area contributed by atoms with Gasteiger partial charge in [-0.1, -0.05) is 25.0 Å². The number of aliphatic hydroxyl groups is 1. The second-order valence-corrected chi connectivity index (χ2v) is 4.98. The van der Waals surface area contributed by atoms with Crippen LogP contribution in [0.15, 0.2) is 24.3 Å². The van der Waals surface area contributed by atoms with Gasteiger partial charge < -0.3 is 9.84 Å². The fourth-order valence-electron chi connectivity index (χ4n) is 2.94. The molecule has 0 saturated heterocycles. The first-order valence-corrected chi connectivity index (χ1v) is 6.42. The van der Waals surface area contributed by atoms with Crippen molar-refractivity contribution in [2.24, 2.45) is 0 Å². The average molecular weight is 245 g/mol. The molecule has 2 atom stereocenters. The highest BCUT2D eigenvalue weighted by Crippen LogP contribution is 2.43. The van der Waals surface area contributed by atoms with Crippen molar-refractivity contribution < 1.29 is 9.84 Å². The molecule has 0 aliphatic heterocycles. The summed E-state index contributed by atoms with van der Waals surface area (Å²) in [6.07, 6.45) is 3.68. The maximum Gasteiger partial charge on any atom is 0.119 e. The Morgan fingerprint density at radius 3 is 3.00 bits per heavy atom. The number of nitrogens with zero attached hydrogens (tertiary/aromatic N) is 1. The van der Waals surface area contributed by atoms with Crippen LogP contribution in [-0.4, -0.2) is 18.3 Å². The van der Waals surface area contributed by atoms with E-state index in [1.165, 1.54) is 0 Å². The van der Waals surface area contributed by atoms with Crippen molar-refractivity contribution in [3.63, 3.8) is 0 Å². The molecule has 0 amide bonds. The number of aliphatic hydroxyl groups excluding tert-OH is 1. The standard InChI is InChI=1S/C15H19NO2/c1-18-13-6-4-5-12(11-13)15(9-10-16)8-3-2-7-14(15)17/h4-6,11,14,17H,2-3,7-9H2,1H3. The molecule has 1 aromatic rings. The van der Waals surface area contributed by atoms with E-state index < -0.39 is 11.5 Å². The van der Waals surface area contributed by atoms with Gasteiger partial charge in [-0.25, -0.2) is 0 Å². The van der Waals surface area contributed by atoms with Crippen LogP contribution < -0.4 is 4.74 Å². The van der Waals surface area contributed by atoms with Crippen LogP contribution in [0.25, 0.3) is 0 Å². The van der Waals surface area contributed by atoms with Crippen molar-refractivity contribution in [1.82, 2.24) is 0 Å². The van der Waals surface area contributed by atoms with Gasteiger partial charge in [-0.15, -0.1) is 0 Å². The van der Waals surface area contributed by atoms with E-state index in [9.17, 15) is 5.11 Å². The number of hydrogen-bond donors (Lipinski definition) is 1. The molecule has 1 aromatic carbocycles. The minimum atomic E-state index is -0.432. The molecule has 0 aromatic heterocycles. The van der Waals surface area contributed by atoms with Gasteiger partial charge in [0.1, 0.15) is 5.75 Å². The van der Waals surface area contributed by atoms with E-state index in [2.05, 4.69) is 6.07 Å². The molecular formula is C15H19NO2. The zero-order valence-corrected chi connectivity index (χ0v) is 10.7. The minimum absolute atomic E-state index is 0.362. The van der Waals surface area contributed by atoms with Crippen molar-refractivity contribution in [2.45, 2.75) is 43.6 Å². The lowest BCUT2D eigenvalue weighted by Crippen LogP contribution is -2.42. The molecule has 0 bridgehead atoms. The normalized spacial score (nSPS) is 27.5. The summed E-state index contributed by atoms with van der Waals surface area (Å²) in [7, 11) is 1.63. The first-order valence-electron chi connectivity index (χ1n) is 6.42. The maximum atomic E-state index is 10.4. The highest BCUT2D eigenvalue weighted by Gasteiger charge is 2.41. The minimum Gasteiger partial charge on any atom is -0.497 e. The quantitative estimate of drug-likeness (QED) is 0.890. The molecule has 18 heavy (non-hydrogen) atoms. The average Bonchev–Trinajstić information content (AvgIpc) is 2.42. The van der Waals surface area contributed by atoms with Crippen molar-refractivity contribution in [1.29, 1.82) is 5.26 Å². The molecule has 3 nitrogen and oxygen atoms in total. The third-order valence-corrected chi connectivity index (χ3v) is 4.03. The fourth-order valence-corrected chi connectivity index (χ4v) is 2.94. The van der Waals surface area contributed by atoms with Crippen LogP contribution in [0.2, 0.25) is 0 Å². The number of rotatable bonds is 3. The van der Waals surface area contributed by atoms with Crippen LogP contribution >= 0.6 is 0 Å². The van der Waals surface area contributed by atoms with Crippen molar-refractivity contribution in [3.8, 4) is 11.8 Å². The molecule has 2 unspecified atom stereocenters. The van der Waals surface area contributed by atoms with E-state index in [4.69, 9.17) is 10.00 Å². The van der Waals surface area contributed by atoms with Crippen molar-refractivity contribution in [2.75, 3.05) is 7.11 Å². The van der Waals surface area contributed by atoms with Crippen LogP contribution in [0.3, 0.4) is 0 Å². The summed E-state index contributed by atoms with van der Waals surface area (Å²) < 4.78 is 5.24. The second kappa shape index (κ2) is 5.41. The molecule has 1 aliphatic rings. The largest absolute Gasteiger partial charge is 0.497 e. The Hall–Kier alpha value is -1.53. The van der Waals surface area contributed by atoms with E-state index in [0.717, 1.165) is 37.0 Å². The zero-order chi connectivity index (χ0) is 13.0. The monoisotopic (exact) mass is 245 g/mol. The topological polar surface area (TPSA) is 53.2 Å². The van der Waals surface area contributed by atoms with Crippen LogP contribution in [0.1, 0.15) is 37.7 Å². The fraction of sp³-hybridized carbons (Fsp3) is 0.533. The molecule has 0 radical (unpaired) electrons. The van der Waals surface area contributed by atoms with Gasteiger partial charge >= 0.3 is 0 Å². The van der Waals surface area contributed by atoms with Crippen molar-refractivity contribution in [3.05, 3.63) is 29.8 Å². The summed E-state index contributed by atoms with van der Waals surface area (Å²) in [4.78, 5) is 0. The van der Waals surface area contributed by atoms with Crippen LogP contribution in [-0.2, 0) is 5.41 Å². The Balaban J connectivity index is 2.42. The zero-order valence-electron chi connectivity index (χ0n) is 10.7. The lowest BCUT2D eigenvalue weighted by molar-refractivity contribution is 0.0438. The first-order chi connectivity index (χ1) is 8.73. The van der Waals surface area contributed by atoms with E-state index in [-0.39, 0.29) is 0 Å². The Labute approximate surface area is 108 Å². The predicted molar refractivity (Wildman–Crippen MR) is 69.4 cm³/mol. The summed E-state index contributed by atoms with van der Waals surface area (Å²) in [5.41, 5.74) is 0.609. The summed E-state index contributed by atoms with van der Waals surface area (Å²) in [6, 6.07) is 10.0. The Morgan fingerprint density at radius 2 is 2.33 bits per heavy atom. The highest BCUT2D eigenvalue weighted by molar-refractivity contribution is 5.36. The van der Waals surface area contributed by atoms with E-state index in [0.29, 0.717) is 6.42 Å². The molecule has 1 N–H and O–H groups in total. The molecule has 0 heterocycles. The lowest BCUT2D eigenvalue weighted by atomic mass is 9.66. The molecule has 3 heteroatoms. The van der Waals surface area contributed by atoms with E-state index in [1.807, 2.05) is 24.3 Å². The maximum absolute atomic E-state index is 10.4. The highest BCUT2D eigenvalue weighted by atomic mass is 16.5. The molecule has 96 valence electrons. The van der Waals surface area contributed by atoms with Crippen LogP contribution in [0, 0.1) is 11.3 Å². The van der Waals surface area contributed by atoms with Gasteiger partial charge in [-0.05, 0) is 30.5 Å². The van der Waals surface area contributed by atoms with Gasteiger partial charge in [0.05, 0.1) is 19.3 Å². The third-order valence-electron chi connectivity index (χ3n) is 4.03. The van der Waals surface area contributed by atoms with Crippen LogP contribution in [0.5, 0.6) is 5.75 Å². The van der Waals surface area contributed by atoms with Gasteiger partial charge in [0, 0.05) is 11.8 Å². The molecule has 1 saturated carbocycles. The van der Waals surface area contributed by atoms with Crippen molar-refractivity contribution >= 4 is 0 Å². The summed E-state index contributed by atoms with van der Waals surface area (Å²) in [6.45, 7) is 0. The molecule has 0 spiro atoms. The van der Waals surface area contributed by atoms with Gasteiger partial charge in [-0.2, -0.15) is 5.26 Å². The van der Waals surface area contributed by atoms with Gasteiger partial charge in [0.2, 0.25) is 0 Å². The van der Waals surface area contributed by atoms with Crippen LogP contribution in [0.4, 0.5) is 0 Å².